The van der Waals surface area contributed by atoms with E-state index in [9.17, 15) is 9.59 Å². The molecule has 248 valence electrons. The predicted octanol–water partition coefficient (Wildman–Crippen LogP) is 10.3. The Labute approximate surface area is 260 Å². The highest BCUT2D eigenvalue weighted by Crippen LogP contribution is 2.09. The van der Waals surface area contributed by atoms with Crippen molar-refractivity contribution >= 4 is 11.6 Å². The summed E-state index contributed by atoms with van der Waals surface area (Å²) in [7, 11) is 0. The second-order valence-electron chi connectivity index (χ2n) is 10.9. The van der Waals surface area contributed by atoms with E-state index in [1.807, 2.05) is 18.2 Å². The van der Waals surface area contributed by atoms with Crippen molar-refractivity contribution in [3.63, 3.8) is 0 Å². The van der Waals surface area contributed by atoms with E-state index >= 15 is 0 Å². The van der Waals surface area contributed by atoms with Gasteiger partial charge in [-0.2, -0.15) is 0 Å². The van der Waals surface area contributed by atoms with Crippen molar-refractivity contribution < 1.29 is 29.3 Å². The zero-order valence-electron chi connectivity index (χ0n) is 28.1. The van der Waals surface area contributed by atoms with Crippen LogP contribution >= 0.6 is 0 Å². The van der Waals surface area contributed by atoms with Gasteiger partial charge in [0, 0.05) is 6.92 Å². The van der Waals surface area contributed by atoms with Crippen LogP contribution in [0.25, 0.3) is 0 Å². The number of ether oxygens (including phenoxy) is 2. The van der Waals surface area contributed by atoms with Crippen LogP contribution in [0.3, 0.4) is 0 Å². The molecule has 0 atom stereocenters. The molecule has 0 aliphatic carbocycles. The van der Waals surface area contributed by atoms with E-state index < -0.39 is 18.4 Å². The molecule has 0 bridgehead atoms. The summed E-state index contributed by atoms with van der Waals surface area (Å²) in [5, 5.41) is 15.7. The molecule has 2 N–H and O–H groups in total. The highest BCUT2D eigenvalue weighted by Gasteiger charge is 2.13. The van der Waals surface area contributed by atoms with Gasteiger partial charge in [0.05, 0.1) is 12.5 Å². The Kier molecular flexibility index (Phi) is 41.4. The first-order chi connectivity index (χ1) is 20.3. The first kappa shape index (κ1) is 44.5. The summed E-state index contributed by atoms with van der Waals surface area (Å²) in [5.74, 6) is -0.742. The van der Waals surface area contributed by atoms with Crippen LogP contribution in [-0.4, -0.2) is 34.4 Å². The minimum absolute atomic E-state index is 0.113. The van der Waals surface area contributed by atoms with Crippen molar-refractivity contribution in [1.82, 2.24) is 0 Å². The maximum Gasteiger partial charge on any atom is 0.299 e. The number of Topliss-reactive ketones (excluding diaryl/α,β-unsaturated/α-hetero) is 2. The molecule has 6 nitrogen and oxygen atoms in total. The van der Waals surface area contributed by atoms with E-state index in [-0.39, 0.29) is 5.78 Å². The second kappa shape index (κ2) is 39.1. The number of aliphatic hydroxyl groups excluding tert-OH is 1. The monoisotopic (exact) mass is 597 g/mol. The SMILES string of the molecule is C=CCCCCCCCC.CC(=O)C(O)O.CCCCCCCCC=COC(OC=CCCCCCCCC)C(C)=O. The highest BCUT2D eigenvalue weighted by atomic mass is 16.7. The van der Waals surface area contributed by atoms with Gasteiger partial charge in [-0.15, -0.1) is 6.58 Å². The van der Waals surface area contributed by atoms with E-state index in [2.05, 4.69) is 27.4 Å². The molecule has 0 amide bonds. The van der Waals surface area contributed by atoms with Crippen molar-refractivity contribution in [2.75, 3.05) is 0 Å². The summed E-state index contributed by atoms with van der Waals surface area (Å²) < 4.78 is 10.8. The number of unbranched alkanes of at least 4 members (excludes halogenated alkanes) is 18. The van der Waals surface area contributed by atoms with E-state index in [4.69, 9.17) is 19.7 Å². The fourth-order valence-corrected chi connectivity index (χ4v) is 3.77. The van der Waals surface area contributed by atoms with Gasteiger partial charge in [0.15, 0.2) is 5.78 Å². The van der Waals surface area contributed by atoms with Crippen molar-refractivity contribution in [1.29, 1.82) is 0 Å². The number of rotatable bonds is 27. The molecule has 0 saturated heterocycles. The van der Waals surface area contributed by atoms with Crippen LogP contribution in [0.4, 0.5) is 0 Å². The van der Waals surface area contributed by atoms with Gasteiger partial charge in [0.25, 0.3) is 6.29 Å². The molecule has 6 heteroatoms. The summed E-state index contributed by atoms with van der Waals surface area (Å²) in [4.78, 5) is 21.2. The van der Waals surface area contributed by atoms with Gasteiger partial charge in [-0.25, -0.2) is 0 Å². The Bertz CT molecular complexity index is 598. The lowest BCUT2D eigenvalue weighted by Crippen LogP contribution is -2.20. The zero-order valence-corrected chi connectivity index (χ0v) is 28.1. The first-order valence-electron chi connectivity index (χ1n) is 16.9. The Morgan fingerprint density at radius 3 is 1.17 bits per heavy atom. The number of hydrogen-bond acceptors (Lipinski definition) is 6. The summed E-state index contributed by atoms with van der Waals surface area (Å²) >= 11 is 0. The third-order valence-electron chi connectivity index (χ3n) is 6.50. The lowest BCUT2D eigenvalue weighted by molar-refractivity contribution is -0.145. The fraction of sp³-hybridized carbons (Fsp3) is 0.778. The molecule has 0 rings (SSSR count). The molecule has 0 heterocycles. The van der Waals surface area contributed by atoms with Gasteiger partial charge in [-0.1, -0.05) is 123 Å². The molecule has 42 heavy (non-hydrogen) atoms. The molecule has 0 aliphatic heterocycles. The largest absolute Gasteiger partial charge is 0.456 e. The van der Waals surface area contributed by atoms with Gasteiger partial charge in [0.2, 0.25) is 12.1 Å². The van der Waals surface area contributed by atoms with Crippen LogP contribution in [-0.2, 0) is 19.1 Å². The minimum atomic E-state index is -1.79. The maximum absolute atomic E-state index is 11.6. The third-order valence-corrected chi connectivity index (χ3v) is 6.50. The smallest absolute Gasteiger partial charge is 0.299 e. The highest BCUT2D eigenvalue weighted by molar-refractivity contribution is 5.79. The minimum Gasteiger partial charge on any atom is -0.456 e. The fourth-order valence-electron chi connectivity index (χ4n) is 3.77. The third kappa shape index (κ3) is 42.5. The molecule has 0 fully saturated rings. The molecule has 0 aromatic heterocycles. The van der Waals surface area contributed by atoms with Gasteiger partial charge < -0.3 is 19.7 Å². The van der Waals surface area contributed by atoms with Crippen LogP contribution in [0, 0.1) is 0 Å². The maximum atomic E-state index is 11.6. The number of allylic oxidation sites excluding steroid dienone is 3. The average Bonchev–Trinajstić information content (AvgIpc) is 2.96. The Morgan fingerprint density at radius 1 is 0.571 bits per heavy atom. The van der Waals surface area contributed by atoms with E-state index in [0.29, 0.717) is 0 Å². The quantitative estimate of drug-likeness (QED) is 0.0424. The van der Waals surface area contributed by atoms with Gasteiger partial charge in [-0.05, 0) is 57.6 Å². The van der Waals surface area contributed by atoms with Crippen molar-refractivity contribution in [2.24, 2.45) is 0 Å². The summed E-state index contributed by atoms with van der Waals surface area (Å²) in [5.41, 5.74) is 0. The molecular weight excluding hydrogens is 528 g/mol. The van der Waals surface area contributed by atoms with Crippen LogP contribution in [0.1, 0.15) is 169 Å². The van der Waals surface area contributed by atoms with Crippen LogP contribution in [0.5, 0.6) is 0 Å². The van der Waals surface area contributed by atoms with E-state index in [0.717, 1.165) is 19.8 Å². The number of ketones is 2. The molecule has 0 unspecified atom stereocenters. The molecule has 0 radical (unpaired) electrons. The lowest BCUT2D eigenvalue weighted by atomic mass is 10.1. The summed E-state index contributed by atoms with van der Waals surface area (Å²) in [6, 6.07) is 0. The zero-order chi connectivity index (χ0) is 32.1. The Morgan fingerprint density at radius 2 is 0.881 bits per heavy atom. The molecular formula is C36H68O6. The lowest BCUT2D eigenvalue weighted by Gasteiger charge is -2.12. The molecule has 0 aliphatic rings. The molecule has 0 aromatic rings. The van der Waals surface area contributed by atoms with Gasteiger partial charge in [0.1, 0.15) is 0 Å². The average molecular weight is 597 g/mol. The van der Waals surface area contributed by atoms with E-state index in [1.165, 1.54) is 129 Å². The number of carbonyl (C=O) groups excluding carboxylic acids is 2. The van der Waals surface area contributed by atoms with Crippen LogP contribution < -0.4 is 0 Å². The molecule has 0 spiro atoms. The number of carbonyl (C=O) groups is 2. The van der Waals surface area contributed by atoms with Gasteiger partial charge >= 0.3 is 0 Å². The first-order valence-corrected chi connectivity index (χ1v) is 16.9. The number of hydrogen-bond donors (Lipinski definition) is 2. The second-order valence-corrected chi connectivity index (χ2v) is 10.9. The van der Waals surface area contributed by atoms with E-state index in [1.54, 1.807) is 12.5 Å². The van der Waals surface area contributed by atoms with Crippen molar-refractivity contribution in [3.8, 4) is 0 Å². The summed E-state index contributed by atoms with van der Waals surface area (Å²) in [6.45, 7) is 13.0. The van der Waals surface area contributed by atoms with Crippen LogP contribution in [0.15, 0.2) is 37.3 Å². The molecule has 0 saturated carbocycles. The standard InChI is InChI=1S/C23H42O3.C10H20.C3H6O3/c1-4-6-8-10-12-14-16-18-20-25-23(22(3)24)26-21-19-17-15-13-11-9-7-5-2;1-3-5-7-9-10-8-6-4-2;1-2(4)3(5)6/h18-21,23H,4-17H2,1-3H3;3H,1,4-10H2,2H3;3,5-6H,1H3. The number of aliphatic hydroxyl groups is 2. The van der Waals surface area contributed by atoms with Crippen molar-refractivity contribution in [2.45, 2.75) is 182 Å². The van der Waals surface area contributed by atoms with Crippen molar-refractivity contribution in [3.05, 3.63) is 37.3 Å². The Hall–Kier alpha value is -1.92. The predicted molar refractivity (Wildman–Crippen MR) is 178 cm³/mol. The topological polar surface area (TPSA) is 93.1 Å². The van der Waals surface area contributed by atoms with Crippen LogP contribution in [0.2, 0.25) is 0 Å². The summed E-state index contributed by atoms with van der Waals surface area (Å²) in [6.07, 6.45) is 33.5. The van der Waals surface area contributed by atoms with Gasteiger partial charge in [-0.3, -0.25) is 9.59 Å². The normalized spacial score (nSPS) is 11.5. The molecule has 0 aromatic carbocycles. The Balaban J connectivity index is -0.000000773.